The number of hydrogen-bond donors (Lipinski definition) is 1. The van der Waals surface area contributed by atoms with Gasteiger partial charge in [0, 0.05) is 12.8 Å². The average molecular weight is 1260 g/mol. The first kappa shape index (κ1) is 85.7. The van der Waals surface area contributed by atoms with E-state index in [1.165, 1.54) is 283 Å². The minimum atomic E-state index is -4.39. The van der Waals surface area contributed by atoms with Crippen LogP contribution in [0.1, 0.15) is 373 Å². The molecule has 10 heteroatoms. The van der Waals surface area contributed by atoms with E-state index in [4.69, 9.17) is 18.5 Å². The van der Waals surface area contributed by atoms with Gasteiger partial charge in [-0.2, -0.15) is 0 Å². The summed E-state index contributed by atoms with van der Waals surface area (Å²) in [5.41, 5.74) is 0. The van der Waals surface area contributed by atoms with Crippen molar-refractivity contribution in [1.29, 1.82) is 0 Å². The molecular formula is C78H147NO8P+. The Bertz CT molecular complexity index is 1670. The molecule has 0 aliphatic carbocycles. The Balaban J connectivity index is 3.94. The summed E-state index contributed by atoms with van der Waals surface area (Å²) in [6.45, 7) is 4.39. The monoisotopic (exact) mass is 1260 g/mol. The van der Waals surface area contributed by atoms with Crippen molar-refractivity contribution < 1.29 is 42.1 Å². The van der Waals surface area contributed by atoms with Crippen molar-refractivity contribution in [2.75, 3.05) is 47.5 Å². The van der Waals surface area contributed by atoms with Gasteiger partial charge >= 0.3 is 19.8 Å². The van der Waals surface area contributed by atoms with Gasteiger partial charge in [-0.15, -0.1) is 0 Å². The fourth-order valence-corrected chi connectivity index (χ4v) is 12.0. The second-order valence-corrected chi connectivity index (χ2v) is 28.5. The van der Waals surface area contributed by atoms with Gasteiger partial charge in [-0.3, -0.25) is 18.6 Å². The summed E-state index contributed by atoms with van der Waals surface area (Å²) in [6.07, 6.45) is 92.1. The van der Waals surface area contributed by atoms with Gasteiger partial charge in [-0.25, -0.2) is 4.57 Å². The Labute approximate surface area is 546 Å². The third-order valence-electron chi connectivity index (χ3n) is 17.0. The summed E-state index contributed by atoms with van der Waals surface area (Å²) in [4.78, 5) is 35.9. The van der Waals surface area contributed by atoms with E-state index in [0.717, 1.165) is 57.8 Å². The van der Waals surface area contributed by atoms with Crippen molar-refractivity contribution in [2.45, 2.75) is 380 Å². The van der Waals surface area contributed by atoms with Gasteiger partial charge in [0.2, 0.25) is 0 Å². The number of allylic oxidation sites excluding steroid dienone is 10. The Morgan fingerprint density at radius 1 is 0.364 bits per heavy atom. The molecule has 2 atom stereocenters. The lowest BCUT2D eigenvalue weighted by molar-refractivity contribution is -0.870. The summed E-state index contributed by atoms with van der Waals surface area (Å²) in [6, 6.07) is 0. The number of ether oxygens (including phenoxy) is 2. The van der Waals surface area contributed by atoms with Crippen LogP contribution >= 0.6 is 7.82 Å². The fraction of sp³-hybridized carbons (Fsp3) is 0.846. The minimum Gasteiger partial charge on any atom is -0.462 e. The Morgan fingerprint density at radius 2 is 0.648 bits per heavy atom. The SMILES string of the molecule is CC/C=C\C/C=C\C/C=C\C/C=C\CCCCCCCCCCCCCCCCCCCCCCCCC(=O)OC(COC(=O)CCCCCCCCCCCCCCCCCCC/C=C\CCCCCCCCCC)COP(=O)(O)OCC[N+](C)(C)C. The minimum absolute atomic E-state index is 0.0339. The molecule has 0 amide bonds. The van der Waals surface area contributed by atoms with Crippen LogP contribution in [0.5, 0.6) is 0 Å². The zero-order valence-corrected chi connectivity index (χ0v) is 59.9. The maximum absolute atomic E-state index is 12.9. The molecule has 0 aromatic heterocycles. The molecule has 0 heterocycles. The maximum Gasteiger partial charge on any atom is 0.472 e. The first-order valence-electron chi connectivity index (χ1n) is 38.0. The first-order chi connectivity index (χ1) is 43.0. The van der Waals surface area contributed by atoms with Gasteiger partial charge in [0.05, 0.1) is 27.7 Å². The first-order valence-corrected chi connectivity index (χ1v) is 39.5. The molecule has 0 rings (SSSR count). The number of esters is 2. The average Bonchev–Trinajstić information content (AvgIpc) is 3.57. The van der Waals surface area contributed by atoms with Crippen LogP contribution in [-0.2, 0) is 32.7 Å². The van der Waals surface area contributed by atoms with Crippen molar-refractivity contribution in [3.8, 4) is 0 Å². The highest BCUT2D eigenvalue weighted by molar-refractivity contribution is 7.47. The molecule has 0 saturated carbocycles. The molecule has 0 fully saturated rings. The lowest BCUT2D eigenvalue weighted by Crippen LogP contribution is -2.37. The van der Waals surface area contributed by atoms with Gasteiger partial charge in [0.25, 0.3) is 0 Å². The summed E-state index contributed by atoms with van der Waals surface area (Å²) in [5, 5.41) is 0. The normalized spacial score (nSPS) is 13.4. The van der Waals surface area contributed by atoms with Gasteiger partial charge in [0.1, 0.15) is 19.8 Å². The highest BCUT2D eigenvalue weighted by atomic mass is 31.2. The third-order valence-corrected chi connectivity index (χ3v) is 18.0. The molecular weight excluding hydrogens is 1110 g/mol. The lowest BCUT2D eigenvalue weighted by Gasteiger charge is -2.24. The highest BCUT2D eigenvalue weighted by Crippen LogP contribution is 2.43. The van der Waals surface area contributed by atoms with Gasteiger partial charge in [-0.05, 0) is 77.0 Å². The fourth-order valence-electron chi connectivity index (χ4n) is 11.2. The Kier molecular flexibility index (Phi) is 67.3. The summed E-state index contributed by atoms with van der Waals surface area (Å²) < 4.78 is 34.8. The molecule has 9 nitrogen and oxygen atoms in total. The number of hydrogen-bond acceptors (Lipinski definition) is 7. The molecule has 516 valence electrons. The second-order valence-electron chi connectivity index (χ2n) is 27.0. The standard InChI is InChI=1S/C78H146NO8P/c1-6-8-10-12-14-16-18-20-22-24-26-28-30-32-34-36-37-38-39-40-41-43-45-47-49-51-53-55-57-59-61-63-65-67-69-71-78(81)87-76(75-86-88(82,83)85-73-72-79(3,4)5)74-84-77(80)70-68-66-64-62-60-58-56-54-52-50-48-46-44-42-35-33-31-29-27-25-23-21-19-17-15-13-11-9-7-2/h8,10,14,16,20,22,25-28,76H,6-7,9,11-13,15,17-19,21,23-24,29-75H2,1-5H3/p+1/b10-8-,16-14-,22-20-,27-25-,28-26-. The molecule has 0 bridgehead atoms. The number of unbranched alkanes of at least 4 members (excludes halogenated alkanes) is 47. The van der Waals surface area contributed by atoms with E-state index in [-0.39, 0.29) is 25.6 Å². The van der Waals surface area contributed by atoms with Crippen molar-refractivity contribution >= 4 is 19.8 Å². The van der Waals surface area contributed by atoms with E-state index >= 15 is 0 Å². The number of phosphoric acid groups is 1. The second kappa shape index (κ2) is 69.1. The van der Waals surface area contributed by atoms with E-state index in [1.54, 1.807) is 0 Å². The quantitative estimate of drug-likeness (QED) is 0.0211. The van der Waals surface area contributed by atoms with Crippen LogP contribution in [0, 0.1) is 0 Å². The summed E-state index contributed by atoms with van der Waals surface area (Å²) in [5.74, 6) is -0.776. The van der Waals surface area contributed by atoms with E-state index in [9.17, 15) is 19.0 Å². The number of nitrogens with zero attached hydrogens (tertiary/aromatic N) is 1. The van der Waals surface area contributed by atoms with E-state index in [2.05, 4.69) is 74.6 Å². The number of carbonyl (C=O) groups excluding carboxylic acids is 2. The lowest BCUT2D eigenvalue weighted by atomic mass is 10.0. The van der Waals surface area contributed by atoms with Crippen molar-refractivity contribution in [1.82, 2.24) is 0 Å². The van der Waals surface area contributed by atoms with Crippen LogP contribution in [0.15, 0.2) is 60.8 Å². The Morgan fingerprint density at radius 3 is 0.977 bits per heavy atom. The highest BCUT2D eigenvalue weighted by Gasteiger charge is 2.27. The van der Waals surface area contributed by atoms with Crippen LogP contribution in [0.25, 0.3) is 0 Å². The molecule has 0 saturated heterocycles. The van der Waals surface area contributed by atoms with Crippen LogP contribution in [-0.4, -0.2) is 74.9 Å². The van der Waals surface area contributed by atoms with Crippen LogP contribution in [0.3, 0.4) is 0 Å². The number of carbonyl (C=O) groups is 2. The smallest absolute Gasteiger partial charge is 0.462 e. The molecule has 0 aliphatic heterocycles. The molecule has 0 aliphatic rings. The number of phosphoric ester groups is 1. The number of quaternary nitrogens is 1. The summed E-state index contributed by atoms with van der Waals surface area (Å²) in [7, 11) is 1.50. The van der Waals surface area contributed by atoms with Crippen LogP contribution < -0.4 is 0 Å². The van der Waals surface area contributed by atoms with Gasteiger partial charge in [0.15, 0.2) is 6.10 Å². The Hall–Kier alpha value is -2.29. The molecule has 0 aromatic carbocycles. The van der Waals surface area contributed by atoms with Gasteiger partial charge in [-0.1, -0.05) is 344 Å². The van der Waals surface area contributed by atoms with Crippen LogP contribution in [0.4, 0.5) is 0 Å². The number of likely N-dealkylation sites (N-methyl/N-ethyl adjacent to an activating group) is 1. The van der Waals surface area contributed by atoms with Crippen LogP contribution in [0.2, 0.25) is 0 Å². The third kappa shape index (κ3) is 72.8. The van der Waals surface area contributed by atoms with Crippen molar-refractivity contribution in [3.63, 3.8) is 0 Å². The molecule has 88 heavy (non-hydrogen) atoms. The number of rotatable bonds is 71. The molecule has 2 unspecified atom stereocenters. The summed E-state index contributed by atoms with van der Waals surface area (Å²) >= 11 is 0. The van der Waals surface area contributed by atoms with Crippen molar-refractivity contribution in [2.24, 2.45) is 0 Å². The largest absolute Gasteiger partial charge is 0.472 e. The predicted molar refractivity (Wildman–Crippen MR) is 381 cm³/mol. The van der Waals surface area contributed by atoms with E-state index in [0.29, 0.717) is 23.9 Å². The molecule has 0 radical (unpaired) electrons. The predicted octanol–water partition coefficient (Wildman–Crippen LogP) is 24.9. The molecule has 0 aromatic rings. The van der Waals surface area contributed by atoms with Crippen molar-refractivity contribution in [3.05, 3.63) is 60.8 Å². The topological polar surface area (TPSA) is 108 Å². The van der Waals surface area contributed by atoms with E-state index < -0.39 is 26.5 Å². The molecule has 1 N–H and O–H groups in total. The molecule has 0 spiro atoms. The zero-order valence-electron chi connectivity index (χ0n) is 59.0. The maximum atomic E-state index is 12.9. The van der Waals surface area contributed by atoms with Gasteiger partial charge < -0.3 is 18.9 Å². The zero-order chi connectivity index (χ0) is 64.1. The van der Waals surface area contributed by atoms with E-state index in [1.807, 2.05) is 21.1 Å².